The molecule has 3 fully saturated rings. The molecule has 1 aromatic carbocycles. The van der Waals surface area contributed by atoms with Crippen LogP contribution in [0.2, 0.25) is 0 Å². The third-order valence-corrected chi connectivity index (χ3v) is 6.08. The maximum atomic E-state index is 12.6. The first-order valence-corrected chi connectivity index (χ1v) is 10.1. The van der Waals surface area contributed by atoms with Crippen LogP contribution in [0.5, 0.6) is 0 Å². The molecule has 27 heavy (non-hydrogen) atoms. The molecule has 0 bridgehead atoms. The highest BCUT2D eigenvalue weighted by Crippen LogP contribution is 2.27. The summed E-state index contributed by atoms with van der Waals surface area (Å²) < 4.78 is 17.0. The summed E-state index contributed by atoms with van der Waals surface area (Å²) in [6.45, 7) is 3.34. The zero-order valence-corrected chi connectivity index (χ0v) is 16.1. The van der Waals surface area contributed by atoms with E-state index in [1.807, 2.05) is 12.1 Å². The number of ether oxygens (including phenoxy) is 3. The van der Waals surface area contributed by atoms with E-state index in [9.17, 15) is 4.79 Å². The van der Waals surface area contributed by atoms with Crippen LogP contribution >= 0.6 is 0 Å². The Bertz CT molecular complexity index is 628. The summed E-state index contributed by atoms with van der Waals surface area (Å²) in [4.78, 5) is 15.0. The molecule has 3 atom stereocenters. The smallest absolute Gasteiger partial charge is 0.251 e. The quantitative estimate of drug-likeness (QED) is 0.877. The minimum Gasteiger partial charge on any atom is -0.381 e. The van der Waals surface area contributed by atoms with Gasteiger partial charge in [-0.2, -0.15) is 0 Å². The van der Waals surface area contributed by atoms with Crippen molar-refractivity contribution in [2.24, 2.45) is 0 Å². The Morgan fingerprint density at radius 3 is 2.44 bits per heavy atom. The van der Waals surface area contributed by atoms with E-state index >= 15 is 0 Å². The van der Waals surface area contributed by atoms with E-state index in [2.05, 4.69) is 22.3 Å². The van der Waals surface area contributed by atoms with Crippen LogP contribution in [0.3, 0.4) is 0 Å². The van der Waals surface area contributed by atoms with Crippen molar-refractivity contribution < 1.29 is 19.0 Å². The lowest BCUT2D eigenvalue weighted by Gasteiger charge is -2.39. The van der Waals surface area contributed by atoms with Crippen molar-refractivity contribution in [3.63, 3.8) is 0 Å². The Hall–Kier alpha value is -1.63. The third-order valence-electron chi connectivity index (χ3n) is 6.08. The summed E-state index contributed by atoms with van der Waals surface area (Å²) in [5, 5.41) is 3.18. The van der Waals surface area contributed by atoms with E-state index in [0.717, 1.165) is 45.2 Å². The molecule has 0 spiro atoms. The zero-order chi connectivity index (χ0) is 18.6. The molecule has 1 saturated carbocycles. The molecular weight excluding hydrogens is 344 g/mol. The van der Waals surface area contributed by atoms with Crippen LogP contribution < -0.4 is 10.2 Å². The van der Waals surface area contributed by atoms with Gasteiger partial charge in [-0.15, -0.1) is 0 Å². The lowest BCUT2D eigenvalue weighted by Crippen LogP contribution is -2.49. The summed E-state index contributed by atoms with van der Waals surface area (Å²) >= 11 is 0. The van der Waals surface area contributed by atoms with E-state index in [-0.39, 0.29) is 24.2 Å². The predicted molar refractivity (Wildman–Crippen MR) is 103 cm³/mol. The number of hydrogen-bond acceptors (Lipinski definition) is 5. The summed E-state index contributed by atoms with van der Waals surface area (Å²) in [7, 11) is 1.79. The van der Waals surface area contributed by atoms with Gasteiger partial charge in [-0.05, 0) is 56.4 Å². The predicted octanol–water partition coefficient (Wildman–Crippen LogP) is 2.37. The van der Waals surface area contributed by atoms with Crippen LogP contribution in [0.1, 0.15) is 42.5 Å². The fourth-order valence-electron chi connectivity index (χ4n) is 4.44. The fourth-order valence-corrected chi connectivity index (χ4v) is 4.44. The number of carbonyl (C=O) groups is 1. The fraction of sp³-hybridized carbons (Fsp3) is 0.667. The average Bonchev–Trinajstić information content (AvgIpc) is 2.74. The molecule has 148 valence electrons. The standard InChI is InChI=1S/C21H30N2O4/c1-25-18-8-10-23(11-9-18)17-5-2-15(3-6-17)21(24)22-16-4-7-19-20(14-16)27-13-12-26-19/h2-3,5-6,16,18-20H,4,7-14H2,1H3,(H,22,24). The molecule has 1 N–H and O–H groups in total. The van der Waals surface area contributed by atoms with Gasteiger partial charge in [0.15, 0.2) is 0 Å². The van der Waals surface area contributed by atoms with Crippen LogP contribution in [0.25, 0.3) is 0 Å². The van der Waals surface area contributed by atoms with Gasteiger partial charge in [-0.3, -0.25) is 4.79 Å². The minimum absolute atomic E-state index is 0.000168. The van der Waals surface area contributed by atoms with Crippen molar-refractivity contribution in [2.75, 3.05) is 38.3 Å². The van der Waals surface area contributed by atoms with Crippen LogP contribution in [0.15, 0.2) is 24.3 Å². The molecule has 2 aliphatic heterocycles. The highest BCUT2D eigenvalue weighted by molar-refractivity contribution is 5.94. The molecule has 0 radical (unpaired) electrons. The number of rotatable bonds is 4. The van der Waals surface area contributed by atoms with Gasteiger partial charge in [-0.1, -0.05) is 0 Å². The normalized spacial score (nSPS) is 29.2. The minimum atomic E-state index is -0.000168. The number of fused-ring (bicyclic) bond motifs is 1. The van der Waals surface area contributed by atoms with Crippen molar-refractivity contribution in [3.05, 3.63) is 29.8 Å². The molecule has 1 aliphatic carbocycles. The van der Waals surface area contributed by atoms with Crippen LogP contribution in [-0.2, 0) is 14.2 Å². The topological polar surface area (TPSA) is 60.0 Å². The number of nitrogens with zero attached hydrogens (tertiary/aromatic N) is 1. The molecule has 3 unspecified atom stereocenters. The van der Waals surface area contributed by atoms with Crippen molar-refractivity contribution >= 4 is 11.6 Å². The first-order valence-electron chi connectivity index (χ1n) is 10.1. The number of methoxy groups -OCH3 is 1. The number of piperidine rings is 1. The summed E-state index contributed by atoms with van der Waals surface area (Å²) in [5.41, 5.74) is 1.89. The Kier molecular flexibility index (Phi) is 5.95. The zero-order valence-electron chi connectivity index (χ0n) is 16.1. The molecule has 6 nitrogen and oxygen atoms in total. The Labute approximate surface area is 161 Å². The number of hydrogen-bond donors (Lipinski definition) is 1. The van der Waals surface area contributed by atoms with E-state index in [1.54, 1.807) is 7.11 Å². The van der Waals surface area contributed by atoms with Gasteiger partial charge < -0.3 is 24.4 Å². The van der Waals surface area contributed by atoms with E-state index in [1.165, 1.54) is 5.69 Å². The Balaban J connectivity index is 1.30. The van der Waals surface area contributed by atoms with E-state index in [4.69, 9.17) is 14.2 Å². The summed E-state index contributed by atoms with van der Waals surface area (Å²) in [6, 6.07) is 8.12. The van der Waals surface area contributed by atoms with Crippen LogP contribution in [0.4, 0.5) is 5.69 Å². The second-order valence-electron chi connectivity index (χ2n) is 7.77. The average molecular weight is 374 g/mol. The largest absolute Gasteiger partial charge is 0.381 e. The van der Waals surface area contributed by atoms with Gasteiger partial charge in [0.05, 0.1) is 31.5 Å². The first-order chi connectivity index (χ1) is 13.2. The van der Waals surface area contributed by atoms with Gasteiger partial charge in [-0.25, -0.2) is 0 Å². The highest BCUT2D eigenvalue weighted by atomic mass is 16.6. The molecule has 1 aromatic rings. The van der Waals surface area contributed by atoms with Crippen LogP contribution in [0, 0.1) is 0 Å². The number of anilines is 1. The second-order valence-corrected chi connectivity index (χ2v) is 7.77. The van der Waals surface area contributed by atoms with Crippen molar-refractivity contribution in [1.82, 2.24) is 5.32 Å². The van der Waals surface area contributed by atoms with Gasteiger partial charge in [0.1, 0.15) is 0 Å². The van der Waals surface area contributed by atoms with Gasteiger partial charge in [0, 0.05) is 37.5 Å². The number of carbonyl (C=O) groups excluding carboxylic acids is 1. The van der Waals surface area contributed by atoms with Crippen LogP contribution in [-0.4, -0.2) is 63.7 Å². The molecule has 2 saturated heterocycles. The molecule has 2 heterocycles. The van der Waals surface area contributed by atoms with Crippen molar-refractivity contribution in [2.45, 2.75) is 56.5 Å². The lowest BCUT2D eigenvalue weighted by molar-refractivity contribution is -0.157. The lowest BCUT2D eigenvalue weighted by atomic mass is 9.89. The molecular formula is C21H30N2O4. The monoisotopic (exact) mass is 374 g/mol. The van der Waals surface area contributed by atoms with Gasteiger partial charge in [0.2, 0.25) is 0 Å². The van der Waals surface area contributed by atoms with Crippen molar-refractivity contribution in [1.29, 1.82) is 0 Å². The van der Waals surface area contributed by atoms with Crippen molar-refractivity contribution in [3.8, 4) is 0 Å². The maximum absolute atomic E-state index is 12.6. The Morgan fingerprint density at radius 2 is 1.74 bits per heavy atom. The third kappa shape index (κ3) is 4.45. The maximum Gasteiger partial charge on any atom is 0.251 e. The number of amides is 1. The SMILES string of the molecule is COC1CCN(c2ccc(C(=O)NC3CCC4OCCOC4C3)cc2)CC1. The molecule has 1 amide bonds. The molecule has 3 aliphatic rings. The van der Waals surface area contributed by atoms with Gasteiger partial charge in [0.25, 0.3) is 5.91 Å². The van der Waals surface area contributed by atoms with E-state index in [0.29, 0.717) is 24.9 Å². The molecule has 6 heteroatoms. The number of nitrogens with one attached hydrogen (secondary N) is 1. The highest BCUT2D eigenvalue weighted by Gasteiger charge is 2.34. The molecule has 0 aromatic heterocycles. The molecule has 4 rings (SSSR count). The van der Waals surface area contributed by atoms with E-state index < -0.39 is 0 Å². The first kappa shape index (κ1) is 18.7. The number of benzene rings is 1. The van der Waals surface area contributed by atoms with Gasteiger partial charge >= 0.3 is 0 Å². The second kappa shape index (κ2) is 8.59. The Morgan fingerprint density at radius 1 is 1.04 bits per heavy atom. The summed E-state index contributed by atoms with van der Waals surface area (Å²) in [6.07, 6.45) is 5.53. The summed E-state index contributed by atoms with van der Waals surface area (Å²) in [5.74, 6) is -0.000168.